The highest BCUT2D eigenvalue weighted by Crippen LogP contribution is 2.51. The van der Waals surface area contributed by atoms with Crippen molar-refractivity contribution in [3.05, 3.63) is 28.9 Å². The van der Waals surface area contributed by atoms with Gasteiger partial charge in [0.05, 0.1) is 17.2 Å². The van der Waals surface area contributed by atoms with Crippen LogP contribution in [0.5, 0.6) is 0 Å². The van der Waals surface area contributed by atoms with Crippen LogP contribution in [-0.2, 0) is 0 Å². The van der Waals surface area contributed by atoms with Crippen LogP contribution >= 0.6 is 0 Å². The largest absolute Gasteiger partial charge is 0.346 e. The predicted octanol–water partition coefficient (Wildman–Crippen LogP) is 2.57. The topological polar surface area (TPSA) is 66.5 Å². The molecule has 2 N–H and O–H groups in total. The molecule has 0 saturated heterocycles. The molecule has 3 atom stereocenters. The number of fused-ring (bicyclic) bond motifs is 5. The maximum absolute atomic E-state index is 12.4. The number of hydrogen-bond donors (Lipinski definition) is 2. The minimum Gasteiger partial charge on any atom is -0.346 e. The van der Waals surface area contributed by atoms with Gasteiger partial charge in [0.25, 0.3) is 0 Å². The smallest absolute Gasteiger partial charge is 0.326 e. The molecule has 3 heterocycles. The van der Waals surface area contributed by atoms with Crippen molar-refractivity contribution in [2.45, 2.75) is 31.7 Å². The summed E-state index contributed by atoms with van der Waals surface area (Å²) in [7, 11) is 0. The maximum Gasteiger partial charge on any atom is 0.326 e. The fourth-order valence-corrected chi connectivity index (χ4v) is 4.47. The summed E-state index contributed by atoms with van der Waals surface area (Å²) in [4.78, 5) is 22.9. The van der Waals surface area contributed by atoms with Crippen LogP contribution in [0.4, 0.5) is 0 Å². The van der Waals surface area contributed by atoms with Crippen LogP contribution in [0.2, 0.25) is 0 Å². The van der Waals surface area contributed by atoms with Gasteiger partial charge in [-0.15, -0.1) is 0 Å². The number of aromatic amines is 2. The van der Waals surface area contributed by atoms with Gasteiger partial charge in [-0.25, -0.2) is 9.78 Å². The van der Waals surface area contributed by atoms with Crippen molar-refractivity contribution in [3.63, 3.8) is 0 Å². The lowest BCUT2D eigenvalue weighted by atomic mass is 9.95. The number of pyridine rings is 1. The molecule has 0 radical (unpaired) electrons. The third-order valence-corrected chi connectivity index (χ3v) is 5.29. The molecule has 102 valence electrons. The molecule has 3 aromatic rings. The first kappa shape index (κ1) is 10.7. The number of aromatic nitrogens is 4. The molecule has 0 aliphatic heterocycles. The number of hydrogen-bond acceptors (Lipinski definition) is 2. The summed E-state index contributed by atoms with van der Waals surface area (Å²) in [6.07, 6.45) is 8.73. The molecule has 2 bridgehead atoms. The molecule has 5 rings (SSSR count). The zero-order valence-electron chi connectivity index (χ0n) is 11.1. The van der Waals surface area contributed by atoms with Crippen molar-refractivity contribution in [2.24, 2.45) is 11.8 Å². The highest BCUT2D eigenvalue weighted by atomic mass is 16.1. The fraction of sp³-hybridized carbons (Fsp3) is 0.467. The SMILES string of the molecule is O=c1[nH]c2cnc3[nH]ccc3c2n1[C@H]1C[C@@H]2CC[C@H]1C2. The summed E-state index contributed by atoms with van der Waals surface area (Å²) in [5, 5.41) is 1.05. The van der Waals surface area contributed by atoms with E-state index in [-0.39, 0.29) is 5.69 Å². The molecule has 2 fully saturated rings. The van der Waals surface area contributed by atoms with Crippen molar-refractivity contribution in [2.75, 3.05) is 0 Å². The lowest BCUT2D eigenvalue weighted by Crippen LogP contribution is -2.26. The molecule has 2 aliphatic carbocycles. The van der Waals surface area contributed by atoms with E-state index >= 15 is 0 Å². The first-order chi connectivity index (χ1) is 9.81. The Morgan fingerprint density at radius 1 is 1.30 bits per heavy atom. The third kappa shape index (κ3) is 1.23. The quantitative estimate of drug-likeness (QED) is 0.712. The second-order valence-electron chi connectivity index (χ2n) is 6.30. The number of rotatable bonds is 1. The van der Waals surface area contributed by atoms with E-state index in [0.717, 1.165) is 34.4 Å². The van der Waals surface area contributed by atoms with Gasteiger partial charge in [0.2, 0.25) is 0 Å². The van der Waals surface area contributed by atoms with Gasteiger partial charge in [0.1, 0.15) is 5.65 Å². The summed E-state index contributed by atoms with van der Waals surface area (Å²) in [6, 6.07) is 2.39. The predicted molar refractivity (Wildman–Crippen MR) is 76.7 cm³/mol. The Balaban J connectivity index is 1.84. The van der Waals surface area contributed by atoms with Crippen LogP contribution in [0.15, 0.2) is 23.3 Å². The minimum atomic E-state index is 0.0213. The second-order valence-corrected chi connectivity index (χ2v) is 6.30. The van der Waals surface area contributed by atoms with Gasteiger partial charge in [0.15, 0.2) is 0 Å². The van der Waals surface area contributed by atoms with Crippen LogP contribution in [-0.4, -0.2) is 19.5 Å². The van der Waals surface area contributed by atoms with Gasteiger partial charge >= 0.3 is 5.69 Å². The standard InChI is InChI=1S/C15H16N4O/c20-15-18-11-7-17-14-10(3-4-16-14)13(11)19(15)12-6-8-1-2-9(12)5-8/h3-4,7-9,12H,1-2,5-6H2,(H,16,17)(H,18,20)/t8-,9+,12+/m1/s1. The lowest BCUT2D eigenvalue weighted by Gasteiger charge is -2.23. The van der Waals surface area contributed by atoms with E-state index in [4.69, 9.17) is 0 Å². The van der Waals surface area contributed by atoms with E-state index in [9.17, 15) is 4.79 Å². The normalized spacial score (nSPS) is 28.9. The summed E-state index contributed by atoms with van der Waals surface area (Å²) < 4.78 is 2.01. The molecule has 5 nitrogen and oxygen atoms in total. The van der Waals surface area contributed by atoms with E-state index in [1.165, 1.54) is 19.3 Å². The van der Waals surface area contributed by atoms with Crippen LogP contribution < -0.4 is 5.69 Å². The average Bonchev–Trinajstić information content (AvgIpc) is 3.19. The second kappa shape index (κ2) is 3.53. The Labute approximate surface area is 115 Å². The van der Waals surface area contributed by atoms with Crippen LogP contribution in [0.1, 0.15) is 31.7 Å². The molecule has 0 aromatic carbocycles. The Morgan fingerprint density at radius 2 is 2.25 bits per heavy atom. The number of nitrogens with one attached hydrogen (secondary N) is 2. The molecule has 2 aliphatic rings. The van der Waals surface area contributed by atoms with Gasteiger partial charge in [0, 0.05) is 17.6 Å². The maximum atomic E-state index is 12.4. The molecule has 0 spiro atoms. The Morgan fingerprint density at radius 3 is 3.05 bits per heavy atom. The first-order valence-electron chi connectivity index (χ1n) is 7.37. The summed E-state index contributed by atoms with van der Waals surface area (Å²) in [5.74, 6) is 1.50. The van der Waals surface area contributed by atoms with Crippen LogP contribution in [0.3, 0.4) is 0 Å². The van der Waals surface area contributed by atoms with Gasteiger partial charge in [-0.1, -0.05) is 6.42 Å². The number of nitrogens with zero attached hydrogens (tertiary/aromatic N) is 2. The van der Waals surface area contributed by atoms with Crippen molar-refractivity contribution in [3.8, 4) is 0 Å². The summed E-state index contributed by atoms with van der Waals surface area (Å²) in [5.41, 5.74) is 2.75. The summed E-state index contributed by atoms with van der Waals surface area (Å²) in [6.45, 7) is 0. The van der Waals surface area contributed by atoms with Crippen molar-refractivity contribution < 1.29 is 0 Å². The van der Waals surface area contributed by atoms with Gasteiger partial charge in [-0.2, -0.15) is 0 Å². The van der Waals surface area contributed by atoms with E-state index in [0.29, 0.717) is 12.0 Å². The Kier molecular flexibility index (Phi) is 1.89. The van der Waals surface area contributed by atoms with Crippen molar-refractivity contribution >= 4 is 22.1 Å². The Hall–Kier alpha value is -2.04. The van der Waals surface area contributed by atoms with E-state index in [2.05, 4.69) is 15.0 Å². The zero-order valence-corrected chi connectivity index (χ0v) is 11.1. The number of imidazole rings is 1. The fourth-order valence-electron chi connectivity index (χ4n) is 4.47. The van der Waals surface area contributed by atoms with Gasteiger partial charge in [-0.3, -0.25) is 4.57 Å². The monoisotopic (exact) mass is 268 g/mol. The molecule has 3 aromatic heterocycles. The van der Waals surface area contributed by atoms with Crippen molar-refractivity contribution in [1.29, 1.82) is 0 Å². The molecular weight excluding hydrogens is 252 g/mol. The van der Waals surface area contributed by atoms with Gasteiger partial charge in [-0.05, 0) is 37.2 Å². The lowest BCUT2D eigenvalue weighted by molar-refractivity contribution is 0.330. The van der Waals surface area contributed by atoms with E-state index in [1.54, 1.807) is 6.20 Å². The van der Waals surface area contributed by atoms with Gasteiger partial charge < -0.3 is 9.97 Å². The highest BCUT2D eigenvalue weighted by Gasteiger charge is 2.41. The molecule has 2 saturated carbocycles. The first-order valence-corrected chi connectivity index (χ1v) is 7.37. The molecular formula is C15H16N4O. The summed E-state index contributed by atoms with van der Waals surface area (Å²) >= 11 is 0. The molecule has 0 unspecified atom stereocenters. The average molecular weight is 268 g/mol. The molecule has 0 amide bonds. The molecule has 20 heavy (non-hydrogen) atoms. The minimum absolute atomic E-state index is 0.0213. The number of H-pyrrole nitrogens is 2. The Bertz CT molecular complexity index is 871. The highest BCUT2D eigenvalue weighted by molar-refractivity contribution is 6.00. The van der Waals surface area contributed by atoms with E-state index < -0.39 is 0 Å². The third-order valence-electron chi connectivity index (χ3n) is 5.29. The zero-order chi connectivity index (χ0) is 13.3. The molecule has 5 heteroatoms. The van der Waals surface area contributed by atoms with E-state index in [1.807, 2.05) is 16.8 Å². The van der Waals surface area contributed by atoms with Crippen molar-refractivity contribution in [1.82, 2.24) is 19.5 Å². The van der Waals surface area contributed by atoms with Crippen LogP contribution in [0, 0.1) is 11.8 Å². The van der Waals surface area contributed by atoms with Crippen LogP contribution in [0.25, 0.3) is 22.1 Å².